The van der Waals surface area contributed by atoms with Gasteiger partial charge in [0.25, 0.3) is 0 Å². The molecule has 1 aromatic rings. The van der Waals surface area contributed by atoms with E-state index in [4.69, 9.17) is 4.74 Å². The SMILES string of the molecule is Cc1nc(OCC2CCCCC2)ncc1CNC1CC1. The lowest BCUT2D eigenvalue weighted by atomic mass is 9.90. The maximum atomic E-state index is 5.78. The Morgan fingerprint density at radius 1 is 1.20 bits per heavy atom. The van der Waals surface area contributed by atoms with Crippen LogP contribution in [0.4, 0.5) is 0 Å². The van der Waals surface area contributed by atoms with Gasteiger partial charge in [0, 0.05) is 30.0 Å². The fourth-order valence-electron chi connectivity index (χ4n) is 2.80. The van der Waals surface area contributed by atoms with Gasteiger partial charge < -0.3 is 10.1 Å². The number of rotatable bonds is 6. The molecular formula is C16H25N3O. The lowest BCUT2D eigenvalue weighted by Gasteiger charge is -2.21. The Kier molecular flexibility index (Phi) is 4.51. The maximum Gasteiger partial charge on any atom is 0.316 e. The highest BCUT2D eigenvalue weighted by Gasteiger charge is 2.20. The van der Waals surface area contributed by atoms with Crippen LogP contribution >= 0.6 is 0 Å². The van der Waals surface area contributed by atoms with Crippen molar-refractivity contribution in [2.24, 2.45) is 5.92 Å². The molecular weight excluding hydrogens is 250 g/mol. The van der Waals surface area contributed by atoms with Gasteiger partial charge in [0.1, 0.15) is 0 Å². The van der Waals surface area contributed by atoms with Crippen molar-refractivity contribution in [1.82, 2.24) is 15.3 Å². The minimum Gasteiger partial charge on any atom is -0.463 e. The molecule has 0 bridgehead atoms. The van der Waals surface area contributed by atoms with E-state index in [-0.39, 0.29) is 0 Å². The van der Waals surface area contributed by atoms with Gasteiger partial charge in [0.05, 0.1) is 6.61 Å². The van der Waals surface area contributed by atoms with Crippen LogP contribution in [0.3, 0.4) is 0 Å². The van der Waals surface area contributed by atoms with Crippen LogP contribution < -0.4 is 10.1 Å². The molecule has 0 unspecified atom stereocenters. The van der Waals surface area contributed by atoms with E-state index >= 15 is 0 Å². The second-order valence-electron chi connectivity index (χ2n) is 6.23. The zero-order valence-corrected chi connectivity index (χ0v) is 12.4. The molecule has 3 rings (SSSR count). The zero-order valence-electron chi connectivity index (χ0n) is 12.4. The van der Waals surface area contributed by atoms with Gasteiger partial charge >= 0.3 is 6.01 Å². The number of hydrogen-bond acceptors (Lipinski definition) is 4. The Balaban J connectivity index is 1.49. The molecule has 0 atom stereocenters. The van der Waals surface area contributed by atoms with Crippen molar-refractivity contribution in [3.05, 3.63) is 17.5 Å². The molecule has 0 aliphatic heterocycles. The van der Waals surface area contributed by atoms with E-state index in [0.29, 0.717) is 11.9 Å². The minimum absolute atomic E-state index is 0.545. The normalized spacial score (nSPS) is 20.1. The maximum absolute atomic E-state index is 5.78. The summed E-state index contributed by atoms with van der Waals surface area (Å²) >= 11 is 0. The second kappa shape index (κ2) is 6.53. The first-order valence-electron chi connectivity index (χ1n) is 8.00. The Hall–Kier alpha value is -1.16. The number of aromatic nitrogens is 2. The fraction of sp³-hybridized carbons (Fsp3) is 0.750. The molecule has 2 aliphatic carbocycles. The standard InChI is InChI=1S/C16H25N3O/c1-12-14(9-17-15-7-8-15)10-18-16(19-12)20-11-13-5-3-2-4-6-13/h10,13,15,17H,2-9,11H2,1H3. The van der Waals surface area contributed by atoms with Gasteiger partial charge in [-0.25, -0.2) is 9.97 Å². The highest BCUT2D eigenvalue weighted by Crippen LogP contribution is 2.24. The summed E-state index contributed by atoms with van der Waals surface area (Å²) in [6.45, 7) is 3.69. The predicted octanol–water partition coefficient (Wildman–Crippen LogP) is 3.00. The third-order valence-electron chi connectivity index (χ3n) is 4.39. The first-order chi connectivity index (χ1) is 9.81. The molecule has 2 saturated carbocycles. The van der Waals surface area contributed by atoms with Crippen molar-refractivity contribution in [2.75, 3.05) is 6.61 Å². The highest BCUT2D eigenvalue weighted by molar-refractivity contribution is 5.18. The summed E-state index contributed by atoms with van der Waals surface area (Å²) in [5, 5.41) is 3.50. The van der Waals surface area contributed by atoms with E-state index in [9.17, 15) is 0 Å². The van der Waals surface area contributed by atoms with E-state index in [0.717, 1.165) is 24.9 Å². The number of nitrogens with zero attached hydrogens (tertiary/aromatic N) is 2. The van der Waals surface area contributed by atoms with E-state index in [1.54, 1.807) is 0 Å². The lowest BCUT2D eigenvalue weighted by molar-refractivity contribution is 0.196. The molecule has 0 spiro atoms. The number of aryl methyl sites for hydroxylation is 1. The molecule has 1 aromatic heterocycles. The Morgan fingerprint density at radius 3 is 2.70 bits per heavy atom. The zero-order chi connectivity index (χ0) is 13.8. The van der Waals surface area contributed by atoms with Crippen molar-refractivity contribution in [1.29, 1.82) is 0 Å². The van der Waals surface area contributed by atoms with Gasteiger partial charge in [-0.2, -0.15) is 0 Å². The molecule has 1 heterocycles. The van der Waals surface area contributed by atoms with E-state index in [2.05, 4.69) is 15.3 Å². The monoisotopic (exact) mass is 275 g/mol. The van der Waals surface area contributed by atoms with Crippen molar-refractivity contribution in [2.45, 2.75) is 64.5 Å². The minimum atomic E-state index is 0.545. The summed E-state index contributed by atoms with van der Waals surface area (Å²) < 4.78 is 5.78. The molecule has 0 saturated heterocycles. The third kappa shape index (κ3) is 3.92. The quantitative estimate of drug-likeness (QED) is 0.867. The first kappa shape index (κ1) is 13.8. The molecule has 0 aromatic carbocycles. The van der Waals surface area contributed by atoms with Crippen LogP contribution in [-0.2, 0) is 6.54 Å². The number of nitrogens with one attached hydrogen (secondary N) is 1. The summed E-state index contributed by atoms with van der Waals surface area (Å²) in [4.78, 5) is 8.83. The van der Waals surface area contributed by atoms with Crippen LogP contribution in [-0.4, -0.2) is 22.6 Å². The van der Waals surface area contributed by atoms with E-state index in [1.165, 1.54) is 50.5 Å². The fourth-order valence-corrected chi connectivity index (χ4v) is 2.80. The number of ether oxygens (including phenoxy) is 1. The molecule has 2 fully saturated rings. The van der Waals surface area contributed by atoms with Crippen LogP contribution in [0, 0.1) is 12.8 Å². The Bertz CT molecular complexity index is 439. The molecule has 0 radical (unpaired) electrons. The van der Waals surface area contributed by atoms with Gasteiger partial charge in [-0.15, -0.1) is 0 Å². The first-order valence-corrected chi connectivity index (χ1v) is 8.00. The summed E-state index contributed by atoms with van der Waals surface area (Å²) in [6.07, 6.45) is 11.2. The average molecular weight is 275 g/mol. The van der Waals surface area contributed by atoms with E-state index < -0.39 is 0 Å². The smallest absolute Gasteiger partial charge is 0.316 e. The van der Waals surface area contributed by atoms with Crippen LogP contribution in [0.15, 0.2) is 6.20 Å². The van der Waals surface area contributed by atoms with Gasteiger partial charge in [-0.3, -0.25) is 0 Å². The van der Waals surface area contributed by atoms with E-state index in [1.807, 2.05) is 13.1 Å². The summed E-state index contributed by atoms with van der Waals surface area (Å²) in [6, 6.07) is 1.26. The molecule has 110 valence electrons. The van der Waals surface area contributed by atoms with Gasteiger partial charge in [-0.1, -0.05) is 19.3 Å². The van der Waals surface area contributed by atoms with Crippen LogP contribution in [0.25, 0.3) is 0 Å². The predicted molar refractivity (Wildman–Crippen MR) is 78.7 cm³/mol. The second-order valence-corrected chi connectivity index (χ2v) is 6.23. The van der Waals surface area contributed by atoms with Crippen molar-refractivity contribution >= 4 is 0 Å². The van der Waals surface area contributed by atoms with Crippen molar-refractivity contribution < 1.29 is 4.74 Å². The molecule has 1 N–H and O–H groups in total. The summed E-state index contributed by atoms with van der Waals surface area (Å²) in [7, 11) is 0. The Labute approximate surface area is 121 Å². The molecule has 4 heteroatoms. The molecule has 20 heavy (non-hydrogen) atoms. The van der Waals surface area contributed by atoms with Gasteiger partial charge in [0.15, 0.2) is 0 Å². The van der Waals surface area contributed by atoms with Crippen molar-refractivity contribution in [3.63, 3.8) is 0 Å². The lowest BCUT2D eigenvalue weighted by Crippen LogP contribution is -2.18. The molecule has 0 amide bonds. The van der Waals surface area contributed by atoms with Crippen LogP contribution in [0.2, 0.25) is 0 Å². The van der Waals surface area contributed by atoms with Gasteiger partial charge in [0.2, 0.25) is 0 Å². The summed E-state index contributed by atoms with van der Waals surface area (Å²) in [5.74, 6) is 0.698. The molecule has 2 aliphatic rings. The van der Waals surface area contributed by atoms with Crippen LogP contribution in [0.1, 0.15) is 56.2 Å². The Morgan fingerprint density at radius 2 is 2.00 bits per heavy atom. The van der Waals surface area contributed by atoms with Crippen molar-refractivity contribution in [3.8, 4) is 6.01 Å². The average Bonchev–Trinajstić information content (AvgIpc) is 3.29. The number of hydrogen-bond donors (Lipinski definition) is 1. The molecule has 4 nitrogen and oxygen atoms in total. The third-order valence-corrected chi connectivity index (χ3v) is 4.39. The summed E-state index contributed by atoms with van der Waals surface area (Å²) in [5.41, 5.74) is 2.22. The largest absolute Gasteiger partial charge is 0.463 e. The topological polar surface area (TPSA) is 47.0 Å². The highest BCUT2D eigenvalue weighted by atomic mass is 16.5. The van der Waals surface area contributed by atoms with Gasteiger partial charge in [-0.05, 0) is 38.5 Å². The van der Waals surface area contributed by atoms with Crippen LogP contribution in [0.5, 0.6) is 6.01 Å².